The number of benzene rings is 2. The molecule has 0 amide bonds. The van der Waals surface area contributed by atoms with Crippen LogP contribution >= 0.6 is 11.8 Å². The minimum atomic E-state index is -0.279. The molecule has 2 aromatic rings. The van der Waals surface area contributed by atoms with E-state index < -0.39 is 0 Å². The molecule has 1 N–H and O–H groups in total. The van der Waals surface area contributed by atoms with Crippen molar-refractivity contribution in [3.63, 3.8) is 0 Å². The van der Waals surface area contributed by atoms with Crippen LogP contribution in [0.5, 0.6) is 0 Å². The molecule has 0 fully saturated rings. The van der Waals surface area contributed by atoms with Crippen molar-refractivity contribution in [1.29, 1.82) is 0 Å². The van der Waals surface area contributed by atoms with E-state index in [9.17, 15) is 8.78 Å². The lowest BCUT2D eigenvalue weighted by Crippen LogP contribution is -2.35. The molecule has 21 heavy (non-hydrogen) atoms. The largest absolute Gasteiger partial charge is 0.308 e. The molecule has 0 spiro atoms. The second-order valence-corrected chi connectivity index (χ2v) is 6.97. The van der Waals surface area contributed by atoms with Gasteiger partial charge in [0.2, 0.25) is 0 Å². The van der Waals surface area contributed by atoms with Crippen LogP contribution in [0.25, 0.3) is 0 Å². The van der Waals surface area contributed by atoms with Crippen molar-refractivity contribution in [1.82, 2.24) is 5.32 Å². The Morgan fingerprint density at radius 2 is 1.71 bits per heavy atom. The summed E-state index contributed by atoms with van der Waals surface area (Å²) < 4.78 is 27.2. The first kappa shape index (κ1) is 16.0. The Morgan fingerprint density at radius 1 is 1.00 bits per heavy atom. The fraction of sp³-hybridized carbons (Fsp3) is 0.294. The normalized spacial score (nSPS) is 11.7. The minimum absolute atomic E-state index is 0.0632. The molecule has 0 saturated heterocycles. The molecule has 0 unspecified atom stereocenters. The van der Waals surface area contributed by atoms with Gasteiger partial charge in [0.1, 0.15) is 11.6 Å². The van der Waals surface area contributed by atoms with E-state index in [1.807, 2.05) is 0 Å². The molecule has 4 heteroatoms. The van der Waals surface area contributed by atoms with Crippen LogP contribution in [0.15, 0.2) is 52.3 Å². The zero-order valence-electron chi connectivity index (χ0n) is 12.4. The molecule has 0 heterocycles. The zero-order valence-corrected chi connectivity index (χ0v) is 13.2. The second kappa shape index (κ2) is 6.58. The first-order valence-electron chi connectivity index (χ1n) is 6.81. The highest BCUT2D eigenvalue weighted by molar-refractivity contribution is 7.99. The average molecular weight is 307 g/mol. The van der Waals surface area contributed by atoms with Crippen LogP contribution in [0.2, 0.25) is 0 Å². The third-order valence-electron chi connectivity index (χ3n) is 2.89. The van der Waals surface area contributed by atoms with Gasteiger partial charge in [-0.25, -0.2) is 8.78 Å². The highest BCUT2D eigenvalue weighted by Crippen LogP contribution is 2.32. The smallest absolute Gasteiger partial charge is 0.137 e. The van der Waals surface area contributed by atoms with Crippen molar-refractivity contribution in [2.75, 3.05) is 0 Å². The van der Waals surface area contributed by atoms with Gasteiger partial charge < -0.3 is 5.32 Å². The summed E-state index contributed by atoms with van der Waals surface area (Å²) in [7, 11) is 0. The van der Waals surface area contributed by atoms with E-state index in [1.54, 1.807) is 24.3 Å². The summed E-state index contributed by atoms with van der Waals surface area (Å²) in [5, 5.41) is 3.33. The van der Waals surface area contributed by atoms with Gasteiger partial charge in [-0.2, -0.15) is 0 Å². The number of hydrogen-bond donors (Lipinski definition) is 1. The lowest BCUT2D eigenvalue weighted by molar-refractivity contribution is 0.422. The molecular weight excluding hydrogens is 288 g/mol. The van der Waals surface area contributed by atoms with Gasteiger partial charge in [0.25, 0.3) is 0 Å². The van der Waals surface area contributed by atoms with E-state index in [-0.39, 0.29) is 17.2 Å². The van der Waals surface area contributed by atoms with Crippen LogP contribution in [0.4, 0.5) is 8.78 Å². The quantitative estimate of drug-likeness (QED) is 0.852. The summed E-state index contributed by atoms with van der Waals surface area (Å²) in [6.45, 7) is 6.69. The number of rotatable bonds is 4. The molecule has 0 bridgehead atoms. The van der Waals surface area contributed by atoms with E-state index in [1.165, 1.54) is 30.0 Å². The maximum Gasteiger partial charge on any atom is 0.137 e. The van der Waals surface area contributed by atoms with Crippen molar-refractivity contribution in [2.45, 2.75) is 42.6 Å². The molecule has 2 aromatic carbocycles. The minimum Gasteiger partial charge on any atom is -0.308 e. The molecule has 0 aliphatic carbocycles. The van der Waals surface area contributed by atoms with Crippen molar-refractivity contribution in [3.05, 3.63) is 59.7 Å². The molecule has 1 nitrogen and oxygen atoms in total. The number of halogens is 2. The van der Waals surface area contributed by atoms with Gasteiger partial charge in [-0.05, 0) is 56.7 Å². The Bertz CT molecular complexity index is 620. The Labute approximate surface area is 128 Å². The number of nitrogens with one attached hydrogen (secondary N) is 1. The summed E-state index contributed by atoms with van der Waals surface area (Å²) in [5.74, 6) is -0.542. The van der Waals surface area contributed by atoms with Crippen LogP contribution in [-0.2, 0) is 6.54 Å². The Hall–Kier alpha value is -1.39. The SMILES string of the molecule is CC(C)(C)NCc1cc(F)ccc1Sc1ccccc1F. The monoisotopic (exact) mass is 307 g/mol. The summed E-state index contributed by atoms with van der Waals surface area (Å²) in [6.07, 6.45) is 0. The Morgan fingerprint density at radius 3 is 2.38 bits per heavy atom. The maximum atomic E-state index is 13.8. The van der Waals surface area contributed by atoms with Crippen molar-refractivity contribution >= 4 is 11.8 Å². The topological polar surface area (TPSA) is 12.0 Å². The maximum absolute atomic E-state index is 13.8. The van der Waals surface area contributed by atoms with Gasteiger partial charge >= 0.3 is 0 Å². The predicted molar refractivity (Wildman–Crippen MR) is 83.5 cm³/mol. The van der Waals surface area contributed by atoms with Crippen molar-refractivity contribution in [3.8, 4) is 0 Å². The molecule has 0 aliphatic heterocycles. The fourth-order valence-electron chi connectivity index (χ4n) is 1.79. The molecular formula is C17H19F2NS. The van der Waals surface area contributed by atoms with Gasteiger partial charge in [-0.3, -0.25) is 0 Å². The molecule has 112 valence electrons. The van der Waals surface area contributed by atoms with Crippen molar-refractivity contribution < 1.29 is 8.78 Å². The predicted octanol–water partition coefficient (Wildman–Crippen LogP) is 5.00. The molecule has 0 radical (unpaired) electrons. The molecule has 2 rings (SSSR count). The molecule has 0 aliphatic rings. The third kappa shape index (κ3) is 4.83. The van der Waals surface area contributed by atoms with E-state index in [4.69, 9.17) is 0 Å². The first-order valence-corrected chi connectivity index (χ1v) is 7.63. The summed E-state index contributed by atoms with van der Waals surface area (Å²) in [5.41, 5.74) is 0.768. The lowest BCUT2D eigenvalue weighted by Gasteiger charge is -2.21. The Kier molecular flexibility index (Phi) is 5.01. The van der Waals surface area contributed by atoms with Crippen molar-refractivity contribution in [2.24, 2.45) is 0 Å². The second-order valence-electron chi connectivity index (χ2n) is 5.89. The number of hydrogen-bond acceptors (Lipinski definition) is 2. The molecule has 0 aromatic heterocycles. The van der Waals surface area contributed by atoms with Crippen LogP contribution < -0.4 is 5.32 Å². The third-order valence-corrected chi connectivity index (χ3v) is 4.06. The van der Waals surface area contributed by atoms with Crippen LogP contribution in [0.1, 0.15) is 26.3 Å². The molecule has 0 atom stereocenters. The van der Waals surface area contributed by atoms with Crippen LogP contribution in [-0.4, -0.2) is 5.54 Å². The highest BCUT2D eigenvalue weighted by atomic mass is 32.2. The standard InChI is InChI=1S/C17H19F2NS/c1-17(2,3)20-11-12-10-13(18)8-9-15(12)21-16-7-5-4-6-14(16)19/h4-10,20H,11H2,1-3H3. The first-order chi connectivity index (χ1) is 9.85. The van der Waals surface area contributed by atoms with E-state index in [0.717, 1.165) is 10.5 Å². The summed E-state index contributed by atoms with van der Waals surface area (Å²) in [6, 6.07) is 11.2. The Balaban J connectivity index is 2.25. The summed E-state index contributed by atoms with van der Waals surface area (Å²) >= 11 is 1.32. The van der Waals surface area contributed by atoms with Gasteiger partial charge in [0.05, 0.1) is 0 Å². The van der Waals surface area contributed by atoms with Crippen LogP contribution in [0, 0.1) is 11.6 Å². The van der Waals surface area contributed by atoms with E-state index >= 15 is 0 Å². The summed E-state index contributed by atoms with van der Waals surface area (Å²) in [4.78, 5) is 1.40. The lowest BCUT2D eigenvalue weighted by atomic mass is 10.1. The molecule has 0 saturated carbocycles. The van der Waals surface area contributed by atoms with Gasteiger partial charge in [-0.1, -0.05) is 23.9 Å². The fourth-order valence-corrected chi connectivity index (χ4v) is 2.74. The van der Waals surface area contributed by atoms with Gasteiger partial charge in [0.15, 0.2) is 0 Å². The van der Waals surface area contributed by atoms with Gasteiger partial charge in [0, 0.05) is 21.9 Å². The average Bonchev–Trinajstić information content (AvgIpc) is 2.40. The van der Waals surface area contributed by atoms with Crippen LogP contribution in [0.3, 0.4) is 0 Å². The highest BCUT2D eigenvalue weighted by Gasteiger charge is 2.13. The van der Waals surface area contributed by atoms with E-state index in [2.05, 4.69) is 26.1 Å². The zero-order chi connectivity index (χ0) is 15.5. The van der Waals surface area contributed by atoms with E-state index in [0.29, 0.717) is 11.4 Å². The van der Waals surface area contributed by atoms with Gasteiger partial charge in [-0.15, -0.1) is 0 Å².